The van der Waals surface area contributed by atoms with Crippen molar-refractivity contribution >= 4 is 16.9 Å². The van der Waals surface area contributed by atoms with Crippen LogP contribution in [0.15, 0.2) is 59.5 Å². The lowest BCUT2D eigenvalue weighted by molar-refractivity contribution is 0.0600. The molecular weight excluding hydrogens is 256 g/mol. The van der Waals surface area contributed by atoms with Gasteiger partial charge in [0, 0.05) is 16.5 Å². The van der Waals surface area contributed by atoms with Crippen molar-refractivity contribution in [2.45, 2.75) is 10.6 Å². The molecule has 0 spiro atoms. The molecule has 2 aromatic carbocycles. The van der Waals surface area contributed by atoms with Crippen LogP contribution in [0.2, 0.25) is 0 Å². The van der Waals surface area contributed by atoms with Crippen LogP contribution < -0.4 is 0 Å². The maximum Gasteiger partial charge on any atom is 0.337 e. The molecule has 0 fully saturated rings. The molecule has 0 saturated heterocycles. The normalized spacial score (nSPS) is 11.9. The van der Waals surface area contributed by atoms with Gasteiger partial charge in [-0.3, -0.25) is 0 Å². The van der Waals surface area contributed by atoms with Crippen LogP contribution in [0.3, 0.4) is 0 Å². The number of carbonyl (C=O) groups excluding carboxylic acids is 1. The van der Waals surface area contributed by atoms with E-state index in [9.17, 15) is 4.79 Å². The summed E-state index contributed by atoms with van der Waals surface area (Å²) in [6.07, 6.45) is 2.22. The summed E-state index contributed by atoms with van der Waals surface area (Å²) in [5.41, 5.74) is 1.94. The molecule has 2 aromatic rings. The first kappa shape index (κ1) is 13.7. The van der Waals surface area contributed by atoms with E-state index < -0.39 is 0 Å². The molecule has 0 radical (unpaired) electrons. The molecule has 19 heavy (non-hydrogen) atoms. The van der Waals surface area contributed by atoms with Gasteiger partial charge in [0.1, 0.15) is 12.0 Å². The highest BCUT2D eigenvalue weighted by atomic mass is 32.2. The largest absolute Gasteiger partial charge is 0.465 e. The first-order valence-corrected chi connectivity index (χ1v) is 7.86. The van der Waals surface area contributed by atoms with Crippen molar-refractivity contribution in [1.29, 1.82) is 0 Å². The van der Waals surface area contributed by atoms with E-state index in [0.29, 0.717) is 5.56 Å². The van der Waals surface area contributed by atoms with Crippen molar-refractivity contribution < 1.29 is 9.53 Å². The molecule has 2 rings (SSSR count). The van der Waals surface area contributed by atoms with Crippen LogP contribution in [0, 0.1) is 0 Å². The number of carbonyl (C=O) groups is 1. The molecule has 0 aliphatic carbocycles. The Kier molecular flexibility index (Phi) is 4.63. The summed E-state index contributed by atoms with van der Waals surface area (Å²) in [5.74, 6) is 0.740. The summed E-state index contributed by atoms with van der Waals surface area (Å²) >= 11 is 0. The molecule has 1 atom stereocenters. The predicted molar refractivity (Wildman–Crippen MR) is 79.5 cm³/mol. The molecule has 0 aliphatic heterocycles. The summed E-state index contributed by atoms with van der Waals surface area (Å²) in [4.78, 5) is 12.6. The van der Waals surface area contributed by atoms with E-state index in [4.69, 9.17) is 4.74 Å². The highest BCUT2D eigenvalue weighted by molar-refractivity contribution is 7.95. The maximum atomic E-state index is 11.4. The molecule has 0 aromatic heterocycles. The smallest absolute Gasteiger partial charge is 0.337 e. The van der Waals surface area contributed by atoms with Crippen molar-refractivity contribution in [2.75, 3.05) is 13.4 Å². The summed E-state index contributed by atoms with van der Waals surface area (Å²) in [6.45, 7) is 0. The van der Waals surface area contributed by atoms with Crippen molar-refractivity contribution in [3.8, 4) is 0 Å². The average Bonchev–Trinajstić information content (AvgIpc) is 2.47. The second-order valence-electron chi connectivity index (χ2n) is 4.28. The van der Waals surface area contributed by atoms with Gasteiger partial charge in [-0.2, -0.15) is 0 Å². The molecule has 3 heteroatoms. The minimum Gasteiger partial charge on any atom is -0.465 e. The van der Waals surface area contributed by atoms with Gasteiger partial charge in [-0.05, 0) is 24.3 Å². The van der Waals surface area contributed by atoms with Gasteiger partial charge in [-0.15, -0.1) is 0 Å². The van der Waals surface area contributed by atoms with E-state index in [-0.39, 0.29) is 16.9 Å². The van der Waals surface area contributed by atoms with Gasteiger partial charge in [-0.25, -0.2) is 4.79 Å². The summed E-state index contributed by atoms with van der Waals surface area (Å²) in [7, 11) is 1.54. The van der Waals surface area contributed by atoms with Crippen molar-refractivity contribution in [1.82, 2.24) is 0 Å². The molecule has 1 unspecified atom stereocenters. The van der Waals surface area contributed by atoms with Crippen LogP contribution in [0.1, 0.15) is 15.9 Å². The number of benzene rings is 2. The highest BCUT2D eigenvalue weighted by Crippen LogP contribution is 2.17. The van der Waals surface area contributed by atoms with E-state index >= 15 is 0 Å². The molecule has 2 nitrogen and oxygen atoms in total. The zero-order valence-electron chi connectivity index (χ0n) is 11.1. The van der Waals surface area contributed by atoms with Crippen LogP contribution in [0.4, 0.5) is 0 Å². The van der Waals surface area contributed by atoms with E-state index in [1.54, 1.807) is 0 Å². The van der Waals surface area contributed by atoms with E-state index in [2.05, 4.69) is 30.5 Å². The topological polar surface area (TPSA) is 26.3 Å². The summed E-state index contributed by atoms with van der Waals surface area (Å²) in [5, 5.41) is 0. The minimum atomic E-state index is -0.286. The third-order valence-corrected chi connectivity index (χ3v) is 4.75. The van der Waals surface area contributed by atoms with Crippen molar-refractivity contribution in [2.24, 2.45) is 0 Å². The zero-order chi connectivity index (χ0) is 13.7. The van der Waals surface area contributed by atoms with Gasteiger partial charge in [-0.1, -0.05) is 30.3 Å². The SMILES string of the molecule is COC(=O)c1ccc([S+](C)Cc2ccccc2)cc1. The average molecular weight is 273 g/mol. The Balaban J connectivity index is 2.07. The van der Waals surface area contributed by atoms with Gasteiger partial charge in [0.05, 0.1) is 12.7 Å². The molecule has 0 N–H and O–H groups in total. The Hall–Kier alpha value is -1.74. The van der Waals surface area contributed by atoms with Crippen LogP contribution in [0.25, 0.3) is 0 Å². The lowest BCUT2D eigenvalue weighted by Gasteiger charge is -2.04. The number of hydrogen-bond acceptors (Lipinski definition) is 2. The van der Waals surface area contributed by atoms with Gasteiger partial charge in [0.15, 0.2) is 4.90 Å². The van der Waals surface area contributed by atoms with Gasteiger partial charge in [0.2, 0.25) is 0 Å². The van der Waals surface area contributed by atoms with Crippen molar-refractivity contribution in [3.63, 3.8) is 0 Å². The molecule has 0 heterocycles. The van der Waals surface area contributed by atoms with Crippen molar-refractivity contribution in [3.05, 3.63) is 65.7 Å². The second-order valence-corrected chi connectivity index (χ2v) is 6.32. The monoisotopic (exact) mass is 273 g/mol. The van der Waals surface area contributed by atoms with Gasteiger partial charge in [0.25, 0.3) is 0 Å². The molecule has 0 amide bonds. The van der Waals surface area contributed by atoms with E-state index in [1.807, 2.05) is 30.3 Å². The minimum absolute atomic E-state index is 0.140. The third kappa shape index (κ3) is 3.61. The number of rotatable bonds is 4. The number of ether oxygens (including phenoxy) is 1. The number of esters is 1. The van der Waals surface area contributed by atoms with Crippen LogP contribution in [-0.4, -0.2) is 19.3 Å². The Labute approximate surface area is 116 Å². The van der Waals surface area contributed by atoms with Gasteiger partial charge < -0.3 is 4.74 Å². The first-order valence-electron chi connectivity index (χ1n) is 6.05. The van der Waals surface area contributed by atoms with E-state index in [1.165, 1.54) is 17.6 Å². The van der Waals surface area contributed by atoms with Gasteiger partial charge >= 0.3 is 5.97 Å². The lowest BCUT2D eigenvalue weighted by atomic mass is 10.2. The molecule has 98 valence electrons. The molecule has 0 bridgehead atoms. The predicted octanol–water partition coefficient (Wildman–Crippen LogP) is 3.28. The second kappa shape index (κ2) is 6.43. The van der Waals surface area contributed by atoms with E-state index in [0.717, 1.165) is 5.75 Å². The quantitative estimate of drug-likeness (QED) is 0.631. The fourth-order valence-corrected chi connectivity index (χ4v) is 3.31. The molecule has 0 saturated carbocycles. The number of hydrogen-bond donors (Lipinski definition) is 0. The Morgan fingerprint density at radius 2 is 1.68 bits per heavy atom. The fourth-order valence-electron chi connectivity index (χ4n) is 1.85. The summed E-state index contributed by atoms with van der Waals surface area (Å²) < 4.78 is 4.70. The Morgan fingerprint density at radius 3 is 2.26 bits per heavy atom. The standard InChI is InChI=1S/C16H17O2S/c1-18-16(17)14-8-10-15(11-9-14)19(2)12-13-6-4-3-5-7-13/h3-11H,12H2,1-2H3/q+1. The Morgan fingerprint density at radius 1 is 1.05 bits per heavy atom. The fraction of sp³-hybridized carbons (Fsp3) is 0.188. The summed E-state index contributed by atoms with van der Waals surface area (Å²) in [6, 6.07) is 18.1. The first-order chi connectivity index (χ1) is 9.20. The third-order valence-electron chi connectivity index (χ3n) is 2.90. The zero-order valence-corrected chi connectivity index (χ0v) is 11.9. The molecule has 0 aliphatic rings. The van der Waals surface area contributed by atoms with Crippen LogP contribution >= 0.6 is 0 Å². The Bertz CT molecular complexity index is 534. The molecular formula is C16H17O2S+. The maximum absolute atomic E-state index is 11.4. The van der Waals surface area contributed by atoms with Crippen LogP contribution in [0.5, 0.6) is 0 Å². The number of methoxy groups -OCH3 is 1. The lowest BCUT2D eigenvalue weighted by Crippen LogP contribution is -2.05. The highest BCUT2D eigenvalue weighted by Gasteiger charge is 2.16. The van der Waals surface area contributed by atoms with Crippen LogP contribution in [-0.2, 0) is 21.4 Å².